The first-order valence-corrected chi connectivity index (χ1v) is 10.9. The molecular weight excluding hydrogens is 449 g/mol. The van der Waals surface area contributed by atoms with E-state index in [1.54, 1.807) is 12.1 Å². The molecule has 0 radical (unpaired) electrons. The molecule has 0 unspecified atom stereocenters. The van der Waals surface area contributed by atoms with Crippen molar-refractivity contribution in [1.82, 2.24) is 0 Å². The van der Waals surface area contributed by atoms with E-state index >= 15 is 0 Å². The highest BCUT2D eigenvalue weighted by Crippen LogP contribution is 2.44. The third-order valence-electron chi connectivity index (χ3n) is 5.75. The number of carboxylic acid groups (broad SMARTS) is 1. The summed E-state index contributed by atoms with van der Waals surface area (Å²) < 4.78 is 5.74. The third-order valence-corrected chi connectivity index (χ3v) is 6.49. The van der Waals surface area contributed by atoms with Gasteiger partial charge in [-0.2, -0.15) is 0 Å². The first-order chi connectivity index (χ1) is 15.4. The molecule has 0 spiro atoms. The maximum absolute atomic E-state index is 13.2. The first kappa shape index (κ1) is 22.3. The predicted molar refractivity (Wildman–Crippen MR) is 124 cm³/mol. The predicted octanol–water partition coefficient (Wildman–Crippen LogP) is 5.23. The van der Waals surface area contributed by atoms with E-state index < -0.39 is 30.3 Å². The molecule has 0 aromatic heterocycles. The highest BCUT2D eigenvalue weighted by atomic mass is 35.5. The molecule has 3 aromatic carbocycles. The summed E-state index contributed by atoms with van der Waals surface area (Å²) in [4.78, 5) is 24.4. The number of ether oxygens (including phenoxy) is 1. The minimum atomic E-state index is -1.10. The normalized spacial score (nSPS) is 14.3. The van der Waals surface area contributed by atoms with Crippen molar-refractivity contribution in [3.05, 3.63) is 93.5 Å². The van der Waals surface area contributed by atoms with Crippen molar-refractivity contribution in [2.75, 3.05) is 6.61 Å². The molecular formula is C25H21Cl2NO4. The number of rotatable bonds is 7. The standard InChI is InChI=1S/C25H21Cl2NO4/c26-20-10-9-14(11-21(20)27)24(22(28)12-23(29)30)25(31)32-13-19-17-7-3-1-5-15(17)16-6-2-4-8-18(16)19/h1-11,19,22,24H,12-13,28H2,(H,29,30)/t22-,24-/m0/s1. The fraction of sp³-hybridized carbons (Fsp3) is 0.200. The number of esters is 1. The summed E-state index contributed by atoms with van der Waals surface area (Å²) in [5, 5.41) is 9.78. The minimum absolute atomic E-state index is 0.114. The molecule has 3 N–H and O–H groups in total. The van der Waals surface area contributed by atoms with E-state index in [9.17, 15) is 14.7 Å². The lowest BCUT2D eigenvalue weighted by Crippen LogP contribution is -2.37. The number of fused-ring (bicyclic) bond motifs is 3. The van der Waals surface area contributed by atoms with Gasteiger partial charge in [0.1, 0.15) is 6.61 Å². The lowest BCUT2D eigenvalue weighted by atomic mass is 9.90. The van der Waals surface area contributed by atoms with Gasteiger partial charge in [-0.15, -0.1) is 0 Å². The number of benzene rings is 3. The highest BCUT2D eigenvalue weighted by molar-refractivity contribution is 6.42. The SMILES string of the molecule is N[C@@H](CC(=O)O)[C@@H](C(=O)OCC1c2ccccc2-c2ccccc21)c1ccc(Cl)c(Cl)c1. The van der Waals surface area contributed by atoms with Crippen molar-refractivity contribution in [3.63, 3.8) is 0 Å². The Balaban J connectivity index is 1.60. The Hall–Kier alpha value is -2.86. The zero-order chi connectivity index (χ0) is 22.8. The van der Waals surface area contributed by atoms with Gasteiger partial charge in [-0.25, -0.2) is 0 Å². The monoisotopic (exact) mass is 469 g/mol. The minimum Gasteiger partial charge on any atom is -0.481 e. The van der Waals surface area contributed by atoms with E-state index in [0.29, 0.717) is 10.6 Å². The molecule has 0 saturated heterocycles. The molecule has 32 heavy (non-hydrogen) atoms. The van der Waals surface area contributed by atoms with Crippen molar-refractivity contribution >= 4 is 35.1 Å². The molecule has 0 fully saturated rings. The number of carboxylic acids is 1. The van der Waals surface area contributed by atoms with Gasteiger partial charge in [0.15, 0.2) is 0 Å². The van der Waals surface area contributed by atoms with Gasteiger partial charge in [-0.3, -0.25) is 9.59 Å². The highest BCUT2D eigenvalue weighted by Gasteiger charge is 2.34. The number of aliphatic carboxylic acids is 1. The van der Waals surface area contributed by atoms with Crippen molar-refractivity contribution in [2.45, 2.75) is 24.3 Å². The van der Waals surface area contributed by atoms with Gasteiger partial charge in [-0.05, 0) is 39.9 Å². The number of halogens is 2. The fourth-order valence-electron chi connectivity index (χ4n) is 4.28. The van der Waals surface area contributed by atoms with Crippen LogP contribution in [0.1, 0.15) is 34.9 Å². The van der Waals surface area contributed by atoms with Crippen LogP contribution >= 0.6 is 23.2 Å². The Kier molecular flexibility index (Phi) is 6.51. The quantitative estimate of drug-likeness (QED) is 0.462. The van der Waals surface area contributed by atoms with Crippen LogP contribution in [0.2, 0.25) is 10.0 Å². The molecule has 1 aliphatic rings. The molecule has 0 bridgehead atoms. The number of hydrogen-bond acceptors (Lipinski definition) is 4. The summed E-state index contributed by atoms with van der Waals surface area (Å²) in [6.45, 7) is 0.116. The molecule has 1 aliphatic carbocycles. The van der Waals surface area contributed by atoms with Crippen LogP contribution in [0.5, 0.6) is 0 Å². The average molecular weight is 470 g/mol. The molecule has 0 saturated carbocycles. The summed E-state index contributed by atoms with van der Waals surface area (Å²) in [5.74, 6) is -2.81. The average Bonchev–Trinajstić information content (AvgIpc) is 3.08. The van der Waals surface area contributed by atoms with E-state index in [4.69, 9.17) is 33.7 Å². The lowest BCUT2D eigenvalue weighted by Gasteiger charge is -2.23. The molecule has 0 heterocycles. The number of carbonyl (C=O) groups excluding carboxylic acids is 1. The second kappa shape index (κ2) is 9.33. The summed E-state index contributed by atoms with van der Waals surface area (Å²) >= 11 is 12.1. The molecule has 5 nitrogen and oxygen atoms in total. The molecule has 7 heteroatoms. The van der Waals surface area contributed by atoms with Gasteiger partial charge in [-0.1, -0.05) is 77.8 Å². The van der Waals surface area contributed by atoms with Crippen LogP contribution in [0, 0.1) is 0 Å². The maximum Gasteiger partial charge on any atom is 0.315 e. The molecule has 4 rings (SSSR count). The Morgan fingerprint density at radius 2 is 1.53 bits per heavy atom. The van der Waals surface area contributed by atoms with E-state index in [2.05, 4.69) is 12.1 Å². The smallest absolute Gasteiger partial charge is 0.315 e. The fourth-order valence-corrected chi connectivity index (χ4v) is 4.58. The zero-order valence-electron chi connectivity index (χ0n) is 17.0. The number of hydrogen-bond donors (Lipinski definition) is 2. The molecule has 2 atom stereocenters. The first-order valence-electron chi connectivity index (χ1n) is 10.1. The maximum atomic E-state index is 13.2. The van der Waals surface area contributed by atoms with Crippen LogP contribution in [0.15, 0.2) is 66.7 Å². The Bertz CT molecular complexity index is 1130. The number of carbonyl (C=O) groups is 2. The van der Waals surface area contributed by atoms with Crippen molar-refractivity contribution in [3.8, 4) is 11.1 Å². The van der Waals surface area contributed by atoms with Crippen molar-refractivity contribution < 1.29 is 19.4 Å². The van der Waals surface area contributed by atoms with Crippen molar-refractivity contribution in [2.24, 2.45) is 5.73 Å². The number of nitrogens with two attached hydrogens (primary N) is 1. The summed E-state index contributed by atoms with van der Waals surface area (Å²) in [5.41, 5.74) is 11.0. The summed E-state index contributed by atoms with van der Waals surface area (Å²) in [6.07, 6.45) is -0.394. The third kappa shape index (κ3) is 4.37. The Morgan fingerprint density at radius 3 is 2.09 bits per heavy atom. The largest absolute Gasteiger partial charge is 0.481 e. The van der Waals surface area contributed by atoms with Gasteiger partial charge in [0.2, 0.25) is 0 Å². The van der Waals surface area contributed by atoms with Crippen LogP contribution in [-0.4, -0.2) is 29.7 Å². The van der Waals surface area contributed by atoms with E-state index in [1.807, 2.05) is 36.4 Å². The van der Waals surface area contributed by atoms with Crippen LogP contribution in [0.25, 0.3) is 11.1 Å². The lowest BCUT2D eigenvalue weighted by molar-refractivity contribution is -0.146. The Morgan fingerprint density at radius 1 is 0.938 bits per heavy atom. The van der Waals surface area contributed by atoms with Crippen LogP contribution in [0.3, 0.4) is 0 Å². The summed E-state index contributed by atoms with van der Waals surface area (Å²) in [7, 11) is 0. The zero-order valence-corrected chi connectivity index (χ0v) is 18.5. The van der Waals surface area contributed by atoms with E-state index in [0.717, 1.165) is 22.3 Å². The second-order valence-electron chi connectivity index (χ2n) is 7.77. The van der Waals surface area contributed by atoms with Gasteiger partial charge < -0.3 is 15.6 Å². The van der Waals surface area contributed by atoms with Crippen LogP contribution in [-0.2, 0) is 14.3 Å². The second-order valence-corrected chi connectivity index (χ2v) is 8.58. The Labute approximate surface area is 195 Å². The van der Waals surface area contributed by atoms with Crippen molar-refractivity contribution in [1.29, 1.82) is 0 Å². The van der Waals surface area contributed by atoms with Crippen LogP contribution in [0.4, 0.5) is 0 Å². The summed E-state index contributed by atoms with van der Waals surface area (Å²) in [6, 6.07) is 19.7. The molecule has 3 aromatic rings. The van der Waals surface area contributed by atoms with Gasteiger partial charge >= 0.3 is 11.9 Å². The van der Waals surface area contributed by atoms with E-state index in [1.165, 1.54) is 6.07 Å². The molecule has 164 valence electrons. The molecule has 0 aliphatic heterocycles. The molecule has 0 amide bonds. The van der Waals surface area contributed by atoms with Gasteiger partial charge in [0.05, 0.1) is 22.4 Å². The van der Waals surface area contributed by atoms with Gasteiger partial charge in [0, 0.05) is 12.0 Å². The van der Waals surface area contributed by atoms with E-state index in [-0.39, 0.29) is 17.5 Å². The van der Waals surface area contributed by atoms with Crippen LogP contribution < -0.4 is 5.73 Å². The topological polar surface area (TPSA) is 89.6 Å². The van der Waals surface area contributed by atoms with Gasteiger partial charge in [0.25, 0.3) is 0 Å².